The zero-order valence-electron chi connectivity index (χ0n) is 19.5. The lowest BCUT2D eigenvalue weighted by molar-refractivity contribution is -0.121. The van der Waals surface area contributed by atoms with Gasteiger partial charge in [0.15, 0.2) is 0 Å². The van der Waals surface area contributed by atoms with Crippen LogP contribution >= 0.6 is 24.2 Å². The van der Waals surface area contributed by atoms with Gasteiger partial charge in [0, 0.05) is 24.0 Å². The highest BCUT2D eigenvalue weighted by atomic mass is 35.5. The van der Waals surface area contributed by atoms with Crippen molar-refractivity contribution in [2.45, 2.75) is 81.5 Å². The lowest BCUT2D eigenvalue weighted by atomic mass is 10.0. The van der Waals surface area contributed by atoms with Crippen molar-refractivity contribution in [3.05, 3.63) is 0 Å². The van der Waals surface area contributed by atoms with E-state index in [0.29, 0.717) is 11.7 Å². The van der Waals surface area contributed by atoms with Crippen molar-refractivity contribution in [2.24, 2.45) is 11.5 Å². The van der Waals surface area contributed by atoms with Crippen LogP contribution in [-0.2, 0) is 4.79 Å². The zero-order valence-corrected chi connectivity index (χ0v) is 21.1. The summed E-state index contributed by atoms with van der Waals surface area (Å²) in [6.07, 6.45) is 10.2. The van der Waals surface area contributed by atoms with E-state index in [1.54, 1.807) is 0 Å². The molecule has 7 N–H and O–H groups in total. The van der Waals surface area contributed by atoms with Gasteiger partial charge in [-0.2, -0.15) is 11.8 Å². The van der Waals surface area contributed by atoms with Gasteiger partial charge in [-0.1, -0.05) is 12.8 Å². The van der Waals surface area contributed by atoms with Gasteiger partial charge in [0.25, 0.3) is 0 Å². The molecule has 0 aromatic heterocycles. The van der Waals surface area contributed by atoms with Crippen molar-refractivity contribution >= 4 is 36.1 Å². The molecule has 10 heteroatoms. The van der Waals surface area contributed by atoms with E-state index in [1.807, 2.05) is 11.8 Å². The molecular weight excluding hydrogens is 448 g/mol. The molecule has 3 atom stereocenters. The Bertz CT molecular complexity index is 531. The van der Waals surface area contributed by atoms with Crippen LogP contribution in [0.3, 0.4) is 0 Å². The van der Waals surface area contributed by atoms with Gasteiger partial charge < -0.3 is 32.3 Å². The topological polar surface area (TPSA) is 126 Å². The minimum Gasteiger partial charge on any atom is -0.356 e. The van der Waals surface area contributed by atoms with Crippen LogP contribution in [0.15, 0.2) is 0 Å². The normalized spacial score (nSPS) is 21.7. The molecule has 0 unspecified atom stereocenters. The largest absolute Gasteiger partial charge is 0.356 e. The van der Waals surface area contributed by atoms with Crippen LogP contribution in [0.2, 0.25) is 0 Å². The van der Waals surface area contributed by atoms with Crippen LogP contribution < -0.4 is 27.4 Å². The second-order valence-electron chi connectivity index (χ2n) is 8.76. The fourth-order valence-corrected chi connectivity index (χ4v) is 5.90. The molecule has 0 aromatic carbocycles. The molecular formula is C22H45ClN6O2S. The number of nitrogens with two attached hydrogens (primary N) is 2. The van der Waals surface area contributed by atoms with Gasteiger partial charge in [-0.3, -0.25) is 4.79 Å². The first kappa shape index (κ1) is 29.3. The Balaban J connectivity index is 0.00000512. The molecule has 3 amide bonds. The van der Waals surface area contributed by atoms with Gasteiger partial charge in [-0.05, 0) is 77.7 Å². The lowest BCUT2D eigenvalue weighted by Crippen LogP contribution is -2.36. The molecule has 0 spiro atoms. The maximum absolute atomic E-state index is 12.1. The number of hydrogen-bond donors (Lipinski definition) is 5. The number of carbonyl (C=O) groups excluding carboxylic acids is 2. The standard InChI is InChI=1S/C22H44N6O2S.ClH/c23-11-4-7-15-28(16-8-12-24)14-6-1-5-13-25-20(29)10-3-2-9-19-21-18(17-31-19)26-22(30)27-21;/h18-19,21H,1-17,23-24H2,(H,25,29)(H2,26,27,30);1H/t18-,19-,21-;/m0./s1. The third-order valence-electron chi connectivity index (χ3n) is 6.16. The number of amides is 3. The molecule has 2 heterocycles. The highest BCUT2D eigenvalue weighted by Gasteiger charge is 2.42. The number of rotatable bonds is 18. The molecule has 0 bridgehead atoms. The molecule has 2 saturated heterocycles. The molecule has 0 saturated carbocycles. The number of nitrogens with one attached hydrogen (secondary N) is 3. The Morgan fingerprint density at radius 3 is 2.44 bits per heavy atom. The van der Waals surface area contributed by atoms with Crippen LogP contribution in [0.1, 0.15) is 64.2 Å². The van der Waals surface area contributed by atoms with Crippen molar-refractivity contribution < 1.29 is 9.59 Å². The average molecular weight is 493 g/mol. The third-order valence-corrected chi connectivity index (χ3v) is 7.67. The monoisotopic (exact) mass is 492 g/mol. The molecule has 2 fully saturated rings. The van der Waals surface area contributed by atoms with E-state index >= 15 is 0 Å². The predicted octanol–water partition coefficient (Wildman–Crippen LogP) is 1.81. The number of halogens is 1. The molecule has 2 rings (SSSR count). The molecule has 32 heavy (non-hydrogen) atoms. The van der Waals surface area contributed by atoms with Crippen LogP contribution in [0.4, 0.5) is 4.79 Å². The summed E-state index contributed by atoms with van der Waals surface area (Å²) in [5, 5.41) is 9.54. The maximum Gasteiger partial charge on any atom is 0.315 e. The second-order valence-corrected chi connectivity index (χ2v) is 10.0. The molecule has 2 aliphatic rings. The molecule has 0 radical (unpaired) electrons. The van der Waals surface area contributed by atoms with Crippen molar-refractivity contribution in [1.29, 1.82) is 0 Å². The number of fused-ring (bicyclic) bond motifs is 1. The van der Waals surface area contributed by atoms with E-state index in [0.717, 1.165) is 103 Å². The lowest BCUT2D eigenvalue weighted by Gasteiger charge is -2.22. The highest BCUT2D eigenvalue weighted by Crippen LogP contribution is 2.33. The predicted molar refractivity (Wildman–Crippen MR) is 136 cm³/mol. The quantitative estimate of drug-likeness (QED) is 0.147. The summed E-state index contributed by atoms with van der Waals surface area (Å²) in [5.74, 6) is 1.16. The summed E-state index contributed by atoms with van der Waals surface area (Å²) in [7, 11) is 0. The summed E-state index contributed by atoms with van der Waals surface area (Å²) < 4.78 is 0. The molecule has 0 aromatic rings. The van der Waals surface area contributed by atoms with E-state index in [9.17, 15) is 9.59 Å². The first-order valence-corrected chi connectivity index (χ1v) is 13.3. The van der Waals surface area contributed by atoms with Crippen molar-refractivity contribution in [3.63, 3.8) is 0 Å². The summed E-state index contributed by atoms with van der Waals surface area (Å²) >= 11 is 1.94. The number of hydrogen-bond acceptors (Lipinski definition) is 6. The van der Waals surface area contributed by atoms with Crippen LogP contribution in [-0.4, -0.2) is 79.2 Å². The number of thioether (sulfide) groups is 1. The van der Waals surface area contributed by atoms with Crippen molar-refractivity contribution in [2.75, 3.05) is 45.0 Å². The van der Waals surface area contributed by atoms with Gasteiger partial charge in [0.1, 0.15) is 0 Å². The third kappa shape index (κ3) is 11.4. The minimum absolute atomic E-state index is 0. The molecule has 0 aliphatic carbocycles. The van der Waals surface area contributed by atoms with E-state index in [-0.39, 0.29) is 36.4 Å². The van der Waals surface area contributed by atoms with Crippen LogP contribution in [0, 0.1) is 0 Å². The smallest absolute Gasteiger partial charge is 0.315 e. The van der Waals surface area contributed by atoms with Crippen LogP contribution in [0.5, 0.6) is 0 Å². The van der Waals surface area contributed by atoms with Crippen LogP contribution in [0.25, 0.3) is 0 Å². The fraction of sp³-hybridized carbons (Fsp3) is 0.909. The van der Waals surface area contributed by atoms with Crippen molar-refractivity contribution in [3.8, 4) is 0 Å². The molecule has 188 valence electrons. The molecule has 2 aliphatic heterocycles. The van der Waals surface area contributed by atoms with E-state index < -0.39 is 0 Å². The Morgan fingerprint density at radius 1 is 0.969 bits per heavy atom. The van der Waals surface area contributed by atoms with E-state index in [1.165, 1.54) is 0 Å². The zero-order chi connectivity index (χ0) is 22.3. The van der Waals surface area contributed by atoms with E-state index in [4.69, 9.17) is 11.5 Å². The van der Waals surface area contributed by atoms with Gasteiger partial charge >= 0.3 is 6.03 Å². The Kier molecular flexibility index (Phi) is 16.2. The van der Waals surface area contributed by atoms with Gasteiger partial charge in [0.2, 0.25) is 5.91 Å². The number of urea groups is 1. The van der Waals surface area contributed by atoms with Gasteiger partial charge in [0.05, 0.1) is 12.1 Å². The van der Waals surface area contributed by atoms with Gasteiger partial charge in [-0.15, -0.1) is 12.4 Å². The fourth-order valence-electron chi connectivity index (χ4n) is 4.36. The summed E-state index contributed by atoms with van der Waals surface area (Å²) in [6, 6.07) is 0.511. The average Bonchev–Trinajstić information content (AvgIpc) is 3.30. The first-order chi connectivity index (χ1) is 15.1. The summed E-state index contributed by atoms with van der Waals surface area (Å²) in [6.45, 7) is 5.57. The van der Waals surface area contributed by atoms with E-state index in [2.05, 4.69) is 20.9 Å². The Hall–Kier alpha value is -0.740. The number of nitrogens with zero attached hydrogens (tertiary/aromatic N) is 1. The summed E-state index contributed by atoms with van der Waals surface area (Å²) in [5.41, 5.74) is 11.2. The number of unbranched alkanes of at least 4 members (excludes halogenated alkanes) is 4. The maximum atomic E-state index is 12.1. The SMILES string of the molecule is Cl.NCCCCN(CCCN)CCCCCNC(=O)CCCC[C@@H]1SC[C@@H]2NC(=O)N[C@@H]21. The molecule has 8 nitrogen and oxygen atoms in total. The summed E-state index contributed by atoms with van der Waals surface area (Å²) in [4.78, 5) is 26.0. The highest BCUT2D eigenvalue weighted by molar-refractivity contribution is 8.00. The minimum atomic E-state index is -0.0328. The van der Waals surface area contributed by atoms with Gasteiger partial charge in [-0.25, -0.2) is 4.79 Å². The second kappa shape index (κ2) is 17.7. The van der Waals surface area contributed by atoms with Crippen molar-refractivity contribution in [1.82, 2.24) is 20.9 Å². The Morgan fingerprint density at radius 2 is 1.69 bits per heavy atom. The first-order valence-electron chi connectivity index (χ1n) is 12.2. The number of carbonyl (C=O) groups is 2. The Labute approximate surface area is 204 Å².